The highest BCUT2D eigenvalue weighted by Crippen LogP contribution is 2.63. The molecule has 184 valence electrons. The van der Waals surface area contributed by atoms with E-state index < -0.39 is 36.9 Å². The van der Waals surface area contributed by atoms with Crippen LogP contribution in [0.4, 0.5) is 4.79 Å². The Kier molecular flexibility index (Phi) is 5.09. The molecular weight excluding hydrogens is 446 g/mol. The van der Waals surface area contributed by atoms with E-state index >= 15 is 0 Å². The van der Waals surface area contributed by atoms with Gasteiger partial charge in [-0.2, -0.15) is 0 Å². The van der Waals surface area contributed by atoms with Crippen molar-refractivity contribution in [3.05, 3.63) is 35.1 Å². The largest absolute Gasteiger partial charge is 0.513 e. The zero-order valence-electron chi connectivity index (χ0n) is 19.0. The van der Waals surface area contributed by atoms with E-state index in [0.717, 1.165) is 31.6 Å². The summed E-state index contributed by atoms with van der Waals surface area (Å²) in [6.45, 7) is 0.544. The van der Waals surface area contributed by atoms with Gasteiger partial charge in [0.25, 0.3) is 0 Å². The molecule has 0 aromatic heterocycles. The summed E-state index contributed by atoms with van der Waals surface area (Å²) in [7, 11) is 3.79. The maximum atomic E-state index is 12.6. The van der Waals surface area contributed by atoms with Crippen LogP contribution in [0.1, 0.15) is 24.0 Å². The number of nitrogens with zero attached hydrogens (tertiary/aromatic N) is 1. The number of rotatable bonds is 4. The maximum Gasteiger partial charge on any atom is 0.513 e. The Bertz CT molecular complexity index is 1040. The summed E-state index contributed by atoms with van der Waals surface area (Å²) in [6.07, 6.45) is -2.36. The third-order valence-electron chi connectivity index (χ3n) is 8.33. The summed E-state index contributed by atoms with van der Waals surface area (Å²) >= 11 is 0. The molecule has 3 aliphatic heterocycles. The first-order chi connectivity index (χ1) is 16.3. The van der Waals surface area contributed by atoms with E-state index in [0.29, 0.717) is 23.5 Å². The Morgan fingerprint density at radius 1 is 1.26 bits per heavy atom. The Labute approximate surface area is 196 Å². The van der Waals surface area contributed by atoms with Crippen molar-refractivity contribution in [2.24, 2.45) is 5.92 Å². The van der Waals surface area contributed by atoms with Crippen molar-refractivity contribution in [3.63, 3.8) is 0 Å². The fourth-order valence-corrected chi connectivity index (χ4v) is 6.71. The van der Waals surface area contributed by atoms with Crippen LogP contribution in [0.15, 0.2) is 24.0 Å². The molecule has 2 saturated heterocycles. The molecule has 8 atom stereocenters. The van der Waals surface area contributed by atoms with Gasteiger partial charge in [-0.15, -0.1) is 0 Å². The second kappa shape index (κ2) is 7.82. The van der Waals surface area contributed by atoms with Gasteiger partial charge in [0, 0.05) is 17.0 Å². The van der Waals surface area contributed by atoms with Crippen LogP contribution in [-0.4, -0.2) is 90.4 Å². The molecule has 1 aromatic carbocycles. The molecule has 5 aliphatic rings. The number of piperidine rings is 1. The number of aliphatic hydroxyl groups is 3. The van der Waals surface area contributed by atoms with E-state index in [2.05, 4.69) is 18.0 Å². The lowest BCUT2D eigenvalue weighted by molar-refractivity contribution is -0.134. The van der Waals surface area contributed by atoms with Crippen LogP contribution in [-0.2, 0) is 26.0 Å². The lowest BCUT2D eigenvalue weighted by Crippen LogP contribution is -2.63. The zero-order valence-corrected chi connectivity index (χ0v) is 19.0. The summed E-state index contributed by atoms with van der Waals surface area (Å²) in [5.41, 5.74) is 2.12. The van der Waals surface area contributed by atoms with E-state index in [1.807, 2.05) is 12.1 Å². The van der Waals surface area contributed by atoms with E-state index in [-0.39, 0.29) is 12.0 Å². The van der Waals surface area contributed by atoms with Crippen molar-refractivity contribution in [1.82, 2.24) is 4.90 Å². The quantitative estimate of drug-likeness (QED) is 0.528. The van der Waals surface area contributed by atoms with Crippen LogP contribution in [0.5, 0.6) is 11.5 Å². The summed E-state index contributed by atoms with van der Waals surface area (Å²) in [4.78, 5) is 15.0. The van der Waals surface area contributed by atoms with Gasteiger partial charge >= 0.3 is 6.16 Å². The molecule has 1 aromatic rings. The maximum absolute atomic E-state index is 12.6. The molecule has 3 unspecified atom stereocenters. The van der Waals surface area contributed by atoms with Crippen molar-refractivity contribution in [2.75, 3.05) is 27.3 Å². The lowest BCUT2D eigenvalue weighted by Gasteiger charge is -2.56. The number of allylic oxidation sites excluding steroid dienone is 1. The Morgan fingerprint density at radius 2 is 2.09 bits per heavy atom. The SMILES string of the molecule is COc1ccc2c3c1OC1C(OC(=O)OC[C@H]4O[C@@H](O)[C@@H](O)C4O)=CCC4[C@@H](C2)N(C)CC[C@]314. The summed E-state index contributed by atoms with van der Waals surface area (Å²) in [5, 5.41) is 29.0. The smallest absolute Gasteiger partial charge is 0.493 e. The highest BCUT2D eigenvalue weighted by atomic mass is 16.7. The minimum atomic E-state index is -1.53. The highest BCUT2D eigenvalue weighted by Gasteiger charge is 2.65. The first-order valence-electron chi connectivity index (χ1n) is 11.7. The van der Waals surface area contributed by atoms with Gasteiger partial charge in [-0.3, -0.25) is 0 Å². The Morgan fingerprint density at radius 3 is 2.82 bits per heavy atom. The van der Waals surface area contributed by atoms with Crippen molar-refractivity contribution in [1.29, 1.82) is 0 Å². The van der Waals surface area contributed by atoms with Crippen LogP contribution in [0.25, 0.3) is 0 Å². The van der Waals surface area contributed by atoms with E-state index in [1.165, 1.54) is 11.1 Å². The van der Waals surface area contributed by atoms with Crippen molar-refractivity contribution < 1.29 is 43.8 Å². The number of benzene rings is 1. The average Bonchev–Trinajstić information content (AvgIpc) is 3.30. The number of carbonyl (C=O) groups is 1. The molecule has 10 nitrogen and oxygen atoms in total. The normalized spacial score (nSPS) is 39.7. The molecule has 0 radical (unpaired) electrons. The van der Waals surface area contributed by atoms with Crippen LogP contribution in [0, 0.1) is 5.92 Å². The van der Waals surface area contributed by atoms with Crippen LogP contribution in [0.3, 0.4) is 0 Å². The monoisotopic (exact) mass is 475 g/mol. The number of carbonyl (C=O) groups excluding carboxylic acids is 1. The van der Waals surface area contributed by atoms with Gasteiger partial charge in [0.1, 0.15) is 30.7 Å². The van der Waals surface area contributed by atoms with Gasteiger partial charge < -0.3 is 43.9 Å². The predicted octanol–water partition coefficient (Wildman–Crippen LogP) is 0.450. The molecule has 6 rings (SSSR count). The van der Waals surface area contributed by atoms with Gasteiger partial charge in [-0.05, 0) is 56.5 Å². The van der Waals surface area contributed by atoms with Crippen molar-refractivity contribution in [2.45, 2.75) is 61.4 Å². The standard InChI is InChI=1S/C24H29NO9/c1-25-8-7-24-12-4-6-15(33-23(29)31-10-16-18(26)19(27)22(28)32-16)21(24)34-20-14(30-2)5-3-11(17(20)24)9-13(12)25/h3,5-6,12-13,16,18-19,21-22,26-28H,4,7-10H2,1-2H3/t12?,13-,16-,18?,19+,21?,22-,24+/m1/s1. The molecule has 34 heavy (non-hydrogen) atoms. The van der Waals surface area contributed by atoms with Crippen LogP contribution >= 0.6 is 0 Å². The third-order valence-corrected chi connectivity index (χ3v) is 8.33. The second-order valence-corrected chi connectivity index (χ2v) is 9.83. The summed E-state index contributed by atoms with van der Waals surface area (Å²) < 4.78 is 27.9. The minimum absolute atomic E-state index is 0.308. The minimum Gasteiger partial charge on any atom is -0.493 e. The first kappa shape index (κ1) is 22.1. The number of ether oxygens (including phenoxy) is 5. The number of likely N-dealkylation sites (N-methyl/N-ethyl adjacent to an activating group) is 1. The van der Waals surface area contributed by atoms with Gasteiger partial charge in [-0.1, -0.05) is 6.07 Å². The topological polar surface area (TPSA) is 127 Å². The van der Waals surface area contributed by atoms with Crippen LogP contribution in [0.2, 0.25) is 0 Å². The number of likely N-dealkylation sites (tertiary alicyclic amines) is 1. The molecule has 0 saturated carbocycles. The van der Waals surface area contributed by atoms with Crippen molar-refractivity contribution in [3.8, 4) is 11.5 Å². The molecule has 2 fully saturated rings. The molecule has 3 N–H and O–H groups in total. The van der Waals surface area contributed by atoms with E-state index in [4.69, 9.17) is 23.7 Å². The lowest BCUT2D eigenvalue weighted by atomic mass is 9.53. The number of hydrogen-bond donors (Lipinski definition) is 3. The second-order valence-electron chi connectivity index (χ2n) is 9.83. The van der Waals surface area contributed by atoms with Gasteiger partial charge in [0.2, 0.25) is 0 Å². The Hall–Kier alpha value is -2.37. The molecular formula is C24H29NO9. The fourth-order valence-electron chi connectivity index (χ4n) is 6.71. The van der Waals surface area contributed by atoms with Crippen molar-refractivity contribution >= 4 is 6.16 Å². The molecule has 2 aliphatic carbocycles. The number of aliphatic hydroxyl groups excluding tert-OH is 3. The number of methoxy groups -OCH3 is 1. The Balaban J connectivity index is 1.26. The first-order valence-corrected chi connectivity index (χ1v) is 11.7. The molecule has 0 amide bonds. The predicted molar refractivity (Wildman–Crippen MR) is 115 cm³/mol. The molecule has 2 bridgehead atoms. The number of hydrogen-bond acceptors (Lipinski definition) is 10. The molecule has 10 heteroatoms. The van der Waals surface area contributed by atoms with Gasteiger partial charge in [0.05, 0.1) is 7.11 Å². The zero-order chi connectivity index (χ0) is 23.8. The average molecular weight is 475 g/mol. The van der Waals surface area contributed by atoms with E-state index in [1.54, 1.807) is 7.11 Å². The summed E-state index contributed by atoms with van der Waals surface area (Å²) in [6, 6.07) is 4.43. The third kappa shape index (κ3) is 2.96. The molecule has 3 heterocycles. The van der Waals surface area contributed by atoms with Gasteiger partial charge in [0.15, 0.2) is 23.9 Å². The van der Waals surface area contributed by atoms with Crippen LogP contribution < -0.4 is 9.47 Å². The molecule has 1 spiro atoms. The fraction of sp³-hybridized carbons (Fsp3) is 0.625. The van der Waals surface area contributed by atoms with E-state index in [9.17, 15) is 20.1 Å². The van der Waals surface area contributed by atoms with Gasteiger partial charge in [-0.25, -0.2) is 4.79 Å². The highest BCUT2D eigenvalue weighted by molar-refractivity contribution is 5.65. The summed E-state index contributed by atoms with van der Waals surface area (Å²) in [5.74, 6) is 2.13.